The van der Waals surface area contributed by atoms with Gasteiger partial charge in [0.05, 0.1) is 28.5 Å². The predicted octanol–water partition coefficient (Wildman–Crippen LogP) is 1.98. The number of Topliss-reactive ketones (excluding diaryl/α,β-unsaturated/α-hetero) is 1. The number of aliphatic hydroxyl groups is 1. The van der Waals surface area contributed by atoms with Crippen molar-refractivity contribution in [2.24, 2.45) is 7.05 Å². The minimum atomic E-state index is -0.774. The van der Waals surface area contributed by atoms with Crippen molar-refractivity contribution < 1.29 is 9.90 Å². The Morgan fingerprint density at radius 2 is 2.23 bits per heavy atom. The molecule has 3 aromatic rings. The van der Waals surface area contributed by atoms with E-state index in [4.69, 9.17) is 0 Å². The number of thiophene rings is 1. The van der Waals surface area contributed by atoms with Gasteiger partial charge in [-0.05, 0) is 36.1 Å². The highest BCUT2D eigenvalue weighted by molar-refractivity contribution is 7.12. The Morgan fingerprint density at radius 3 is 2.92 bits per heavy atom. The number of carbonyl (C=O) groups is 1. The van der Waals surface area contributed by atoms with Crippen LogP contribution in [-0.2, 0) is 26.7 Å². The molecular formula is C18H21N5O2S. The zero-order valence-electron chi connectivity index (χ0n) is 14.8. The molecule has 0 aliphatic carbocycles. The van der Waals surface area contributed by atoms with Crippen molar-refractivity contribution in [3.63, 3.8) is 0 Å². The maximum Gasteiger partial charge on any atom is 0.169 e. The van der Waals surface area contributed by atoms with Gasteiger partial charge in [-0.25, -0.2) is 0 Å². The van der Waals surface area contributed by atoms with Crippen LogP contribution in [0, 0.1) is 0 Å². The first kappa shape index (κ1) is 17.1. The second kappa shape index (κ2) is 6.79. The molecule has 0 aromatic carbocycles. The Labute approximate surface area is 155 Å². The monoisotopic (exact) mass is 371 g/mol. The summed E-state index contributed by atoms with van der Waals surface area (Å²) in [5, 5.41) is 21.3. The van der Waals surface area contributed by atoms with Crippen LogP contribution >= 0.6 is 11.3 Å². The summed E-state index contributed by atoms with van der Waals surface area (Å²) in [6, 6.07) is 5.76. The quantitative estimate of drug-likeness (QED) is 0.694. The van der Waals surface area contributed by atoms with E-state index < -0.39 is 6.10 Å². The average molecular weight is 371 g/mol. The second-order valence-electron chi connectivity index (χ2n) is 6.65. The first-order valence-corrected chi connectivity index (χ1v) is 9.42. The Hall–Kier alpha value is -2.29. The Balaban J connectivity index is 1.48. The maximum atomic E-state index is 11.5. The van der Waals surface area contributed by atoms with E-state index in [1.165, 1.54) is 16.9 Å². The summed E-state index contributed by atoms with van der Waals surface area (Å²) in [7, 11) is 1.81. The molecule has 1 N–H and O–H groups in total. The highest BCUT2D eigenvalue weighted by atomic mass is 32.1. The number of nitrogens with zero attached hydrogens (tertiary/aromatic N) is 5. The third-order valence-corrected chi connectivity index (χ3v) is 5.80. The summed E-state index contributed by atoms with van der Waals surface area (Å²) in [5.41, 5.74) is 3.64. The Morgan fingerprint density at radius 1 is 1.38 bits per heavy atom. The molecule has 0 saturated heterocycles. The SMILES string of the molecule is CC(=O)c1cc(CN2CCn3nc([C@H](O)c4ccnn4C)cc3C2)cs1. The molecule has 0 radical (unpaired) electrons. The number of hydrogen-bond acceptors (Lipinski definition) is 6. The fraction of sp³-hybridized carbons (Fsp3) is 0.389. The molecule has 0 fully saturated rings. The van der Waals surface area contributed by atoms with Crippen LogP contribution in [0.1, 0.15) is 45.3 Å². The molecular weight excluding hydrogens is 350 g/mol. The number of carbonyl (C=O) groups excluding carboxylic acids is 1. The van der Waals surface area contributed by atoms with Gasteiger partial charge < -0.3 is 5.11 Å². The van der Waals surface area contributed by atoms with Gasteiger partial charge in [0.15, 0.2) is 5.78 Å². The highest BCUT2D eigenvalue weighted by Crippen LogP contribution is 2.24. The zero-order chi connectivity index (χ0) is 18.3. The highest BCUT2D eigenvalue weighted by Gasteiger charge is 2.23. The van der Waals surface area contributed by atoms with Crippen molar-refractivity contribution in [1.29, 1.82) is 0 Å². The molecule has 136 valence electrons. The number of fused-ring (bicyclic) bond motifs is 1. The normalized spacial score (nSPS) is 15.8. The summed E-state index contributed by atoms with van der Waals surface area (Å²) < 4.78 is 3.64. The third-order valence-electron chi connectivity index (χ3n) is 4.72. The lowest BCUT2D eigenvalue weighted by Crippen LogP contribution is -2.33. The maximum absolute atomic E-state index is 11.5. The van der Waals surface area contributed by atoms with Crippen molar-refractivity contribution in [2.75, 3.05) is 6.54 Å². The van der Waals surface area contributed by atoms with Gasteiger partial charge in [0.1, 0.15) is 6.10 Å². The van der Waals surface area contributed by atoms with Gasteiger partial charge in [-0.1, -0.05) is 0 Å². The van der Waals surface area contributed by atoms with Gasteiger partial charge in [-0.15, -0.1) is 11.3 Å². The standard InChI is InChI=1S/C18H21N5O2S/c1-12(24)17-7-13(11-26-17)9-22-5-6-23-14(10-22)8-15(20-23)18(25)16-3-4-19-21(16)2/h3-4,7-8,11,18,25H,5-6,9-10H2,1-2H3/t18-/m0/s1. The molecule has 1 aliphatic heterocycles. The van der Waals surface area contributed by atoms with Crippen LogP contribution < -0.4 is 0 Å². The topological polar surface area (TPSA) is 76.2 Å². The van der Waals surface area contributed by atoms with Gasteiger partial charge >= 0.3 is 0 Å². The number of ketones is 1. The predicted molar refractivity (Wildman–Crippen MR) is 97.9 cm³/mol. The average Bonchev–Trinajstić information content (AvgIpc) is 3.33. The number of hydrogen-bond donors (Lipinski definition) is 1. The van der Waals surface area contributed by atoms with Crippen LogP contribution in [0.15, 0.2) is 29.8 Å². The van der Waals surface area contributed by atoms with Crippen LogP contribution in [-0.4, -0.2) is 41.9 Å². The van der Waals surface area contributed by atoms with Crippen LogP contribution in [0.2, 0.25) is 0 Å². The van der Waals surface area contributed by atoms with Crippen molar-refractivity contribution in [3.05, 3.63) is 57.3 Å². The molecule has 1 aliphatic rings. The van der Waals surface area contributed by atoms with Crippen molar-refractivity contribution >= 4 is 17.1 Å². The van der Waals surface area contributed by atoms with E-state index in [-0.39, 0.29) is 5.78 Å². The Kier molecular flexibility index (Phi) is 4.47. The molecule has 8 heteroatoms. The van der Waals surface area contributed by atoms with Crippen LogP contribution in [0.25, 0.3) is 0 Å². The van der Waals surface area contributed by atoms with Gasteiger partial charge in [0.25, 0.3) is 0 Å². The van der Waals surface area contributed by atoms with E-state index in [0.29, 0.717) is 5.69 Å². The van der Waals surface area contributed by atoms with Crippen LogP contribution in [0.3, 0.4) is 0 Å². The molecule has 4 heterocycles. The molecule has 3 aromatic heterocycles. The van der Waals surface area contributed by atoms with E-state index in [9.17, 15) is 9.90 Å². The molecule has 0 bridgehead atoms. The molecule has 26 heavy (non-hydrogen) atoms. The first-order chi connectivity index (χ1) is 12.5. The summed E-state index contributed by atoms with van der Waals surface area (Å²) >= 11 is 1.50. The zero-order valence-corrected chi connectivity index (χ0v) is 15.6. The molecule has 4 rings (SSSR count). The number of aliphatic hydroxyl groups excluding tert-OH is 1. The van der Waals surface area contributed by atoms with Crippen molar-refractivity contribution in [1.82, 2.24) is 24.5 Å². The molecule has 7 nitrogen and oxygen atoms in total. The lowest BCUT2D eigenvalue weighted by molar-refractivity contribution is 0.102. The largest absolute Gasteiger partial charge is 0.380 e. The van der Waals surface area contributed by atoms with Crippen LogP contribution in [0.4, 0.5) is 0 Å². The number of aromatic nitrogens is 4. The first-order valence-electron chi connectivity index (χ1n) is 8.54. The van der Waals surface area contributed by atoms with E-state index in [1.807, 2.05) is 23.9 Å². The van der Waals surface area contributed by atoms with Crippen LogP contribution in [0.5, 0.6) is 0 Å². The minimum Gasteiger partial charge on any atom is -0.380 e. The van der Waals surface area contributed by atoms with Gasteiger partial charge in [0, 0.05) is 32.9 Å². The van der Waals surface area contributed by atoms with Gasteiger partial charge in [-0.2, -0.15) is 10.2 Å². The Bertz CT molecular complexity index is 941. The molecule has 0 saturated carbocycles. The van der Waals surface area contributed by atoms with Crippen molar-refractivity contribution in [2.45, 2.75) is 32.7 Å². The van der Waals surface area contributed by atoms with E-state index in [1.54, 1.807) is 23.9 Å². The molecule has 0 amide bonds. The fourth-order valence-corrected chi connectivity index (χ4v) is 4.12. The molecule has 0 spiro atoms. The smallest absolute Gasteiger partial charge is 0.169 e. The summed E-state index contributed by atoms with van der Waals surface area (Å²) in [5.74, 6) is 0.117. The lowest BCUT2D eigenvalue weighted by Gasteiger charge is -2.27. The van der Waals surface area contributed by atoms with E-state index in [2.05, 4.69) is 20.5 Å². The third kappa shape index (κ3) is 3.23. The summed E-state index contributed by atoms with van der Waals surface area (Å²) in [6.07, 6.45) is 0.899. The van der Waals surface area contributed by atoms with Gasteiger partial charge in [0.2, 0.25) is 0 Å². The number of rotatable bonds is 5. The fourth-order valence-electron chi connectivity index (χ4n) is 3.32. The molecule has 0 unspecified atom stereocenters. The van der Waals surface area contributed by atoms with E-state index in [0.717, 1.165) is 42.4 Å². The summed E-state index contributed by atoms with van der Waals surface area (Å²) in [4.78, 5) is 14.6. The second-order valence-corrected chi connectivity index (χ2v) is 7.56. The minimum absolute atomic E-state index is 0.117. The van der Waals surface area contributed by atoms with Gasteiger partial charge in [-0.3, -0.25) is 19.1 Å². The number of aryl methyl sites for hydroxylation is 1. The summed E-state index contributed by atoms with van der Waals surface area (Å²) in [6.45, 7) is 4.87. The van der Waals surface area contributed by atoms with E-state index >= 15 is 0 Å². The van der Waals surface area contributed by atoms with Crippen molar-refractivity contribution in [3.8, 4) is 0 Å². The molecule has 1 atom stereocenters. The lowest BCUT2D eigenvalue weighted by atomic mass is 10.1.